The van der Waals surface area contributed by atoms with Gasteiger partial charge in [0.1, 0.15) is 6.04 Å². The largest absolute Gasteiger partial charge is 0.351 e. The number of carbonyl (C=O) groups is 2. The molecule has 17 heavy (non-hydrogen) atoms. The lowest BCUT2D eigenvalue weighted by molar-refractivity contribution is -0.124. The Kier molecular flexibility index (Phi) is 3.61. The number of benzene rings is 1. The van der Waals surface area contributed by atoms with E-state index in [1.165, 1.54) is 0 Å². The molecule has 5 nitrogen and oxygen atoms in total. The maximum atomic E-state index is 11.6. The van der Waals surface area contributed by atoms with Gasteiger partial charge < -0.3 is 5.32 Å². The molecular formula is C11H12ClN3O2. The van der Waals surface area contributed by atoms with Crippen molar-refractivity contribution >= 4 is 23.4 Å². The number of hydrazine groups is 1. The molecule has 1 aromatic rings. The number of amides is 2. The number of hydrogen-bond donors (Lipinski definition) is 3. The quantitative estimate of drug-likeness (QED) is 0.728. The van der Waals surface area contributed by atoms with Gasteiger partial charge in [0.25, 0.3) is 0 Å². The molecule has 0 saturated carbocycles. The van der Waals surface area contributed by atoms with Crippen LogP contribution in [-0.4, -0.2) is 17.9 Å². The van der Waals surface area contributed by atoms with Crippen molar-refractivity contribution in [1.29, 1.82) is 0 Å². The predicted octanol–water partition coefficient (Wildman–Crippen LogP) is 0.349. The zero-order valence-corrected chi connectivity index (χ0v) is 9.75. The molecule has 1 atom stereocenters. The fourth-order valence-corrected chi connectivity index (χ4v) is 1.65. The second kappa shape index (κ2) is 5.16. The minimum Gasteiger partial charge on any atom is -0.351 e. The SMILES string of the molecule is O=C1CC(C(=O)NCc2ccc(Cl)cc2)NN1. The molecule has 1 aliphatic heterocycles. The Labute approximate surface area is 103 Å². The molecule has 0 radical (unpaired) electrons. The summed E-state index contributed by atoms with van der Waals surface area (Å²) >= 11 is 5.75. The molecule has 2 amide bonds. The molecule has 6 heteroatoms. The number of hydrogen-bond acceptors (Lipinski definition) is 3. The highest BCUT2D eigenvalue weighted by Crippen LogP contribution is 2.09. The van der Waals surface area contributed by atoms with Gasteiger partial charge in [-0.2, -0.15) is 0 Å². The highest BCUT2D eigenvalue weighted by molar-refractivity contribution is 6.30. The molecule has 1 unspecified atom stereocenters. The van der Waals surface area contributed by atoms with E-state index in [9.17, 15) is 9.59 Å². The van der Waals surface area contributed by atoms with E-state index in [4.69, 9.17) is 11.6 Å². The molecule has 1 heterocycles. The molecule has 0 aliphatic carbocycles. The zero-order chi connectivity index (χ0) is 12.3. The Morgan fingerprint density at radius 3 is 2.71 bits per heavy atom. The summed E-state index contributed by atoms with van der Waals surface area (Å²) in [7, 11) is 0. The van der Waals surface area contributed by atoms with Crippen LogP contribution in [0.5, 0.6) is 0 Å². The van der Waals surface area contributed by atoms with Crippen molar-refractivity contribution in [2.24, 2.45) is 0 Å². The lowest BCUT2D eigenvalue weighted by Gasteiger charge is -2.09. The predicted molar refractivity (Wildman–Crippen MR) is 63.0 cm³/mol. The van der Waals surface area contributed by atoms with Gasteiger partial charge in [0.2, 0.25) is 11.8 Å². The van der Waals surface area contributed by atoms with Gasteiger partial charge in [0.15, 0.2) is 0 Å². The van der Waals surface area contributed by atoms with Crippen LogP contribution in [0.3, 0.4) is 0 Å². The fraction of sp³-hybridized carbons (Fsp3) is 0.273. The third kappa shape index (κ3) is 3.18. The molecule has 0 bridgehead atoms. The maximum Gasteiger partial charge on any atom is 0.239 e. The van der Waals surface area contributed by atoms with E-state index in [2.05, 4.69) is 16.2 Å². The van der Waals surface area contributed by atoms with Crippen LogP contribution in [0.4, 0.5) is 0 Å². The molecule has 1 saturated heterocycles. The summed E-state index contributed by atoms with van der Waals surface area (Å²) in [5.41, 5.74) is 5.97. The molecular weight excluding hydrogens is 242 g/mol. The number of halogens is 1. The van der Waals surface area contributed by atoms with Crippen molar-refractivity contribution in [3.05, 3.63) is 34.9 Å². The van der Waals surface area contributed by atoms with Crippen molar-refractivity contribution in [3.8, 4) is 0 Å². The Hall–Kier alpha value is -1.59. The van der Waals surface area contributed by atoms with Crippen LogP contribution in [0.15, 0.2) is 24.3 Å². The van der Waals surface area contributed by atoms with Gasteiger partial charge in [-0.15, -0.1) is 0 Å². The van der Waals surface area contributed by atoms with Crippen LogP contribution >= 0.6 is 11.6 Å². The van der Waals surface area contributed by atoms with Crippen molar-refractivity contribution in [2.45, 2.75) is 19.0 Å². The first kappa shape index (κ1) is 11.9. The second-order valence-corrected chi connectivity index (χ2v) is 4.23. The van der Waals surface area contributed by atoms with E-state index in [1.54, 1.807) is 12.1 Å². The van der Waals surface area contributed by atoms with E-state index >= 15 is 0 Å². The summed E-state index contributed by atoms with van der Waals surface area (Å²) in [6, 6.07) is 6.72. The van der Waals surface area contributed by atoms with Crippen LogP contribution < -0.4 is 16.2 Å². The Morgan fingerprint density at radius 2 is 2.12 bits per heavy atom. The van der Waals surface area contributed by atoms with Gasteiger partial charge in [0.05, 0.1) is 6.42 Å². The summed E-state index contributed by atoms with van der Waals surface area (Å²) in [4.78, 5) is 22.5. The van der Waals surface area contributed by atoms with Crippen LogP contribution in [-0.2, 0) is 16.1 Å². The van der Waals surface area contributed by atoms with Gasteiger partial charge in [0, 0.05) is 11.6 Å². The van der Waals surface area contributed by atoms with Crippen LogP contribution in [0.1, 0.15) is 12.0 Å². The van der Waals surface area contributed by atoms with Gasteiger partial charge >= 0.3 is 0 Å². The Balaban J connectivity index is 1.84. The molecule has 1 aromatic carbocycles. The van der Waals surface area contributed by atoms with Crippen molar-refractivity contribution in [1.82, 2.24) is 16.2 Å². The third-order valence-corrected chi connectivity index (χ3v) is 2.72. The smallest absolute Gasteiger partial charge is 0.239 e. The van der Waals surface area contributed by atoms with E-state index in [0.717, 1.165) is 5.56 Å². The van der Waals surface area contributed by atoms with E-state index in [0.29, 0.717) is 11.6 Å². The highest BCUT2D eigenvalue weighted by atomic mass is 35.5. The minimum absolute atomic E-state index is 0.170. The topological polar surface area (TPSA) is 70.2 Å². The Bertz CT molecular complexity index is 433. The summed E-state index contributed by atoms with van der Waals surface area (Å²) in [6.45, 7) is 0.419. The van der Waals surface area contributed by atoms with Crippen molar-refractivity contribution in [2.75, 3.05) is 0 Å². The van der Waals surface area contributed by atoms with Gasteiger partial charge in [-0.3, -0.25) is 15.0 Å². The first-order chi connectivity index (χ1) is 8.15. The van der Waals surface area contributed by atoms with Gasteiger partial charge in [-0.05, 0) is 17.7 Å². The first-order valence-electron chi connectivity index (χ1n) is 5.21. The van der Waals surface area contributed by atoms with Gasteiger partial charge in [-0.1, -0.05) is 23.7 Å². The van der Waals surface area contributed by atoms with E-state index in [-0.39, 0.29) is 18.2 Å². The zero-order valence-electron chi connectivity index (χ0n) is 9.00. The summed E-state index contributed by atoms with van der Waals surface area (Å²) < 4.78 is 0. The number of nitrogens with one attached hydrogen (secondary N) is 3. The van der Waals surface area contributed by atoms with Crippen molar-refractivity contribution < 1.29 is 9.59 Å². The van der Waals surface area contributed by atoms with E-state index in [1.807, 2.05) is 12.1 Å². The third-order valence-electron chi connectivity index (χ3n) is 2.47. The summed E-state index contributed by atoms with van der Waals surface area (Å²) in [5.74, 6) is -0.366. The monoisotopic (exact) mass is 253 g/mol. The molecule has 90 valence electrons. The summed E-state index contributed by atoms with van der Waals surface area (Å²) in [5, 5.41) is 3.40. The molecule has 0 spiro atoms. The fourth-order valence-electron chi connectivity index (χ4n) is 1.53. The van der Waals surface area contributed by atoms with Gasteiger partial charge in [-0.25, -0.2) is 5.43 Å². The first-order valence-corrected chi connectivity index (χ1v) is 5.59. The number of carbonyl (C=O) groups excluding carboxylic acids is 2. The summed E-state index contributed by atoms with van der Waals surface area (Å²) in [6.07, 6.45) is 0.173. The van der Waals surface area contributed by atoms with E-state index < -0.39 is 6.04 Å². The average molecular weight is 254 g/mol. The molecule has 1 aliphatic rings. The van der Waals surface area contributed by atoms with Crippen LogP contribution in [0.25, 0.3) is 0 Å². The molecule has 1 fully saturated rings. The van der Waals surface area contributed by atoms with Crippen LogP contribution in [0.2, 0.25) is 5.02 Å². The van der Waals surface area contributed by atoms with Crippen LogP contribution in [0, 0.1) is 0 Å². The average Bonchev–Trinajstić information content (AvgIpc) is 2.75. The van der Waals surface area contributed by atoms with Crippen molar-refractivity contribution in [3.63, 3.8) is 0 Å². The normalized spacial score (nSPS) is 18.9. The molecule has 2 rings (SSSR count). The second-order valence-electron chi connectivity index (χ2n) is 3.79. The standard InChI is InChI=1S/C11H12ClN3O2/c12-8-3-1-7(2-4-8)6-13-11(17)9-5-10(16)15-14-9/h1-4,9,14H,5-6H2,(H,13,17)(H,15,16). The molecule has 3 N–H and O–H groups in total. The Morgan fingerprint density at radius 1 is 1.41 bits per heavy atom. The molecule has 0 aromatic heterocycles. The lowest BCUT2D eigenvalue weighted by Crippen LogP contribution is -2.42. The minimum atomic E-state index is -0.491. The highest BCUT2D eigenvalue weighted by Gasteiger charge is 2.27. The lowest BCUT2D eigenvalue weighted by atomic mass is 10.2. The number of rotatable bonds is 3. The maximum absolute atomic E-state index is 11.6.